The van der Waals surface area contributed by atoms with Crippen LogP contribution in [0.1, 0.15) is 25.8 Å². The van der Waals surface area contributed by atoms with Crippen LogP contribution in [-0.4, -0.2) is 20.4 Å². The maximum atomic E-state index is 10.1. The zero-order valence-electron chi connectivity index (χ0n) is 12.3. The number of benzene rings is 1. The van der Waals surface area contributed by atoms with Crippen LogP contribution in [0.5, 0.6) is 0 Å². The maximum absolute atomic E-state index is 10.1. The van der Waals surface area contributed by atoms with Gasteiger partial charge in [0.15, 0.2) is 0 Å². The smallest absolute Gasteiger partial charge is 0.127 e. The highest BCUT2D eigenvalue weighted by molar-refractivity contribution is 6.31. The fourth-order valence-electron chi connectivity index (χ4n) is 2.06. The van der Waals surface area contributed by atoms with E-state index in [0.717, 1.165) is 23.3 Å². The number of rotatable bonds is 2. The van der Waals surface area contributed by atoms with Gasteiger partial charge in [-0.05, 0) is 44.9 Å². The Balaban J connectivity index is 0.000000200. The van der Waals surface area contributed by atoms with Crippen molar-refractivity contribution in [3.63, 3.8) is 0 Å². The number of halogens is 1. The normalized spacial score (nSPS) is 17.3. The zero-order chi connectivity index (χ0) is 14.6. The number of carbonyl (C=O) groups is 1. The van der Waals surface area contributed by atoms with Crippen LogP contribution in [-0.2, 0) is 4.79 Å². The van der Waals surface area contributed by atoms with Crippen LogP contribution in [0.2, 0.25) is 5.02 Å². The molecule has 1 atom stereocenters. The fourth-order valence-corrected chi connectivity index (χ4v) is 2.23. The monoisotopic (exact) mass is 279 g/mol. The van der Waals surface area contributed by atoms with Gasteiger partial charge < -0.3 is 9.69 Å². The number of allylic oxidation sites excluding steroid dienone is 2. The molecule has 0 spiro atoms. The molecule has 2 nitrogen and oxygen atoms in total. The van der Waals surface area contributed by atoms with E-state index in [1.165, 1.54) is 16.8 Å². The van der Waals surface area contributed by atoms with E-state index in [0.29, 0.717) is 0 Å². The Labute approximate surface area is 121 Å². The van der Waals surface area contributed by atoms with Gasteiger partial charge in [-0.2, -0.15) is 0 Å². The minimum absolute atomic E-state index is 0.259. The highest BCUT2D eigenvalue weighted by Gasteiger charge is 2.21. The molecule has 0 saturated heterocycles. The van der Waals surface area contributed by atoms with Crippen LogP contribution >= 0.6 is 11.6 Å². The van der Waals surface area contributed by atoms with Crippen molar-refractivity contribution >= 4 is 23.6 Å². The number of hydrogen-bond donors (Lipinski definition) is 0. The van der Waals surface area contributed by atoms with Gasteiger partial charge in [0.05, 0.1) is 0 Å². The molecular formula is C16H22ClNO. The van der Waals surface area contributed by atoms with Gasteiger partial charge >= 0.3 is 0 Å². The minimum Gasteiger partial charge on any atom is -0.377 e. The Morgan fingerprint density at radius 3 is 2.21 bits per heavy atom. The molecule has 19 heavy (non-hydrogen) atoms. The van der Waals surface area contributed by atoms with E-state index in [-0.39, 0.29) is 5.92 Å². The molecule has 1 unspecified atom stereocenters. The van der Waals surface area contributed by atoms with Gasteiger partial charge in [0.25, 0.3) is 0 Å². The molecule has 1 aromatic rings. The Hall–Kier alpha value is -1.28. The SMILES string of the molecule is CC1=C(C)C(C=O)C1.Cc1c(Cl)cccc1N(C)C. The fraction of sp³-hybridized carbons (Fsp3) is 0.438. The van der Waals surface area contributed by atoms with E-state index in [2.05, 4.69) is 17.9 Å². The predicted molar refractivity (Wildman–Crippen MR) is 83.1 cm³/mol. The van der Waals surface area contributed by atoms with Gasteiger partial charge in [0, 0.05) is 30.7 Å². The van der Waals surface area contributed by atoms with Crippen molar-refractivity contribution in [3.05, 3.63) is 39.9 Å². The van der Waals surface area contributed by atoms with Crippen molar-refractivity contribution in [2.45, 2.75) is 27.2 Å². The molecule has 1 aliphatic rings. The molecule has 0 heterocycles. The summed E-state index contributed by atoms with van der Waals surface area (Å²) in [7, 11) is 4.03. The Bertz CT molecular complexity index is 492. The molecule has 0 amide bonds. The standard InChI is InChI=1S/C9H12ClN.C7H10O/c1-7-8(10)5-4-6-9(7)11(2)3;1-5-3-7(4-8)6(5)2/h4-6H,1-3H3;4,7H,3H2,1-2H3. The summed E-state index contributed by atoms with van der Waals surface area (Å²) in [5, 5.41) is 0.830. The van der Waals surface area contributed by atoms with Crippen molar-refractivity contribution in [1.82, 2.24) is 0 Å². The third-order valence-electron chi connectivity index (χ3n) is 3.64. The van der Waals surface area contributed by atoms with Crippen LogP contribution in [0.4, 0.5) is 5.69 Å². The Kier molecular flexibility index (Phi) is 5.61. The highest BCUT2D eigenvalue weighted by atomic mass is 35.5. The van der Waals surface area contributed by atoms with Gasteiger partial charge in [-0.15, -0.1) is 0 Å². The molecule has 0 bridgehead atoms. The van der Waals surface area contributed by atoms with Crippen molar-refractivity contribution < 1.29 is 4.79 Å². The molecule has 0 N–H and O–H groups in total. The molecule has 1 aromatic carbocycles. The van der Waals surface area contributed by atoms with Crippen molar-refractivity contribution in [1.29, 1.82) is 0 Å². The second-order valence-corrected chi connectivity index (χ2v) is 5.60. The van der Waals surface area contributed by atoms with E-state index in [1.807, 2.05) is 40.1 Å². The second-order valence-electron chi connectivity index (χ2n) is 5.19. The molecule has 0 fully saturated rings. The lowest BCUT2D eigenvalue weighted by atomic mass is 9.80. The number of anilines is 1. The summed E-state index contributed by atoms with van der Waals surface area (Å²) in [6, 6.07) is 5.93. The first-order valence-corrected chi connectivity index (χ1v) is 6.80. The minimum atomic E-state index is 0.259. The van der Waals surface area contributed by atoms with Crippen LogP contribution in [0.3, 0.4) is 0 Å². The maximum Gasteiger partial charge on any atom is 0.127 e. The first-order chi connectivity index (χ1) is 8.88. The second kappa shape index (κ2) is 6.76. The predicted octanol–water partition coefficient (Wildman–Crippen LogP) is 4.26. The molecule has 0 aliphatic heterocycles. The lowest BCUT2D eigenvalue weighted by Gasteiger charge is -2.24. The first-order valence-electron chi connectivity index (χ1n) is 6.42. The van der Waals surface area contributed by atoms with E-state index in [4.69, 9.17) is 11.6 Å². The average Bonchev–Trinajstić information content (AvgIpc) is 2.39. The van der Waals surface area contributed by atoms with Crippen LogP contribution in [0, 0.1) is 12.8 Å². The Morgan fingerprint density at radius 1 is 1.26 bits per heavy atom. The average molecular weight is 280 g/mol. The highest BCUT2D eigenvalue weighted by Crippen LogP contribution is 2.31. The molecule has 2 rings (SSSR count). The van der Waals surface area contributed by atoms with Crippen LogP contribution in [0.25, 0.3) is 0 Å². The summed E-state index contributed by atoms with van der Waals surface area (Å²) >= 11 is 5.93. The van der Waals surface area contributed by atoms with Gasteiger partial charge in [-0.25, -0.2) is 0 Å². The number of nitrogens with zero attached hydrogens (tertiary/aromatic N) is 1. The number of aldehydes is 1. The van der Waals surface area contributed by atoms with Gasteiger partial charge in [-0.3, -0.25) is 0 Å². The molecule has 0 radical (unpaired) electrons. The summed E-state index contributed by atoms with van der Waals surface area (Å²) in [5.74, 6) is 0.259. The molecule has 0 saturated carbocycles. The summed E-state index contributed by atoms with van der Waals surface area (Å²) in [4.78, 5) is 12.2. The molecular weight excluding hydrogens is 258 g/mol. The zero-order valence-corrected chi connectivity index (χ0v) is 13.1. The van der Waals surface area contributed by atoms with Gasteiger partial charge in [0.2, 0.25) is 0 Å². The van der Waals surface area contributed by atoms with E-state index in [9.17, 15) is 4.79 Å². The summed E-state index contributed by atoms with van der Waals surface area (Å²) in [5.41, 5.74) is 4.98. The molecule has 1 aliphatic carbocycles. The summed E-state index contributed by atoms with van der Waals surface area (Å²) < 4.78 is 0. The largest absolute Gasteiger partial charge is 0.377 e. The van der Waals surface area contributed by atoms with Crippen molar-refractivity contribution in [2.75, 3.05) is 19.0 Å². The summed E-state index contributed by atoms with van der Waals surface area (Å²) in [6.45, 7) is 6.13. The Morgan fingerprint density at radius 2 is 1.89 bits per heavy atom. The molecule has 104 valence electrons. The topological polar surface area (TPSA) is 20.3 Å². The third kappa shape index (κ3) is 3.84. The molecule has 3 heteroatoms. The van der Waals surface area contributed by atoms with Crippen LogP contribution < -0.4 is 4.90 Å². The lowest BCUT2D eigenvalue weighted by Crippen LogP contribution is -2.15. The van der Waals surface area contributed by atoms with Crippen molar-refractivity contribution in [3.8, 4) is 0 Å². The number of hydrogen-bond acceptors (Lipinski definition) is 2. The van der Waals surface area contributed by atoms with Crippen LogP contribution in [0.15, 0.2) is 29.3 Å². The van der Waals surface area contributed by atoms with Gasteiger partial charge in [-0.1, -0.05) is 28.8 Å². The summed E-state index contributed by atoms with van der Waals surface area (Å²) in [6.07, 6.45) is 2.03. The molecule has 0 aromatic heterocycles. The van der Waals surface area contributed by atoms with E-state index >= 15 is 0 Å². The van der Waals surface area contributed by atoms with Crippen molar-refractivity contribution in [2.24, 2.45) is 5.92 Å². The van der Waals surface area contributed by atoms with E-state index < -0.39 is 0 Å². The van der Waals surface area contributed by atoms with Gasteiger partial charge in [0.1, 0.15) is 6.29 Å². The quantitative estimate of drug-likeness (QED) is 0.596. The lowest BCUT2D eigenvalue weighted by molar-refractivity contribution is -0.110. The van der Waals surface area contributed by atoms with E-state index in [1.54, 1.807) is 0 Å². The number of carbonyl (C=O) groups excluding carboxylic acids is 1. The first kappa shape index (κ1) is 15.8. The third-order valence-corrected chi connectivity index (χ3v) is 4.05.